The lowest BCUT2D eigenvalue weighted by Crippen LogP contribution is -2.11. The Labute approximate surface area is 81.0 Å². The zero-order chi connectivity index (χ0) is 9.97. The second kappa shape index (κ2) is 3.27. The first-order valence-corrected chi connectivity index (χ1v) is 4.11. The summed E-state index contributed by atoms with van der Waals surface area (Å²) in [4.78, 5) is 15.5. The maximum absolute atomic E-state index is 11.7. The van der Waals surface area contributed by atoms with Crippen molar-refractivity contribution in [2.75, 3.05) is 0 Å². The van der Waals surface area contributed by atoms with E-state index in [1.807, 2.05) is 12.1 Å². The van der Waals surface area contributed by atoms with E-state index in [1.165, 1.54) is 6.21 Å². The first-order chi connectivity index (χ1) is 6.83. The molecule has 1 heterocycles. The lowest BCUT2D eigenvalue weighted by Gasteiger charge is -2.07. The summed E-state index contributed by atoms with van der Waals surface area (Å²) in [6.07, 6.45) is 1.40. The fourth-order valence-corrected chi connectivity index (χ4v) is 1.18. The molecule has 3 nitrogen and oxygen atoms in total. The molecule has 66 valence electrons. The Balaban J connectivity index is 2.32. The van der Waals surface area contributed by atoms with Crippen molar-refractivity contribution in [1.29, 1.82) is 5.26 Å². The quantitative estimate of drug-likeness (QED) is 0.654. The van der Waals surface area contributed by atoms with Gasteiger partial charge in [0.05, 0.1) is 5.57 Å². The maximum Gasteiger partial charge on any atom is 0.212 e. The predicted octanol–water partition coefficient (Wildman–Crippen LogP) is 1.73. The fourth-order valence-electron chi connectivity index (χ4n) is 1.18. The highest BCUT2D eigenvalue weighted by Gasteiger charge is 2.20. The molecule has 1 aliphatic heterocycles. The number of hydrogen-bond acceptors (Lipinski definition) is 3. The first kappa shape index (κ1) is 8.39. The minimum atomic E-state index is -0.190. The van der Waals surface area contributed by atoms with Crippen LogP contribution in [0.1, 0.15) is 10.4 Å². The van der Waals surface area contributed by atoms with E-state index in [1.54, 1.807) is 24.3 Å². The molecule has 0 fully saturated rings. The van der Waals surface area contributed by atoms with Crippen LogP contribution in [0.15, 0.2) is 46.6 Å². The lowest BCUT2D eigenvalue weighted by atomic mass is 10.0. The van der Waals surface area contributed by atoms with Gasteiger partial charge >= 0.3 is 0 Å². The van der Waals surface area contributed by atoms with Crippen LogP contribution in [0.3, 0.4) is 0 Å². The monoisotopic (exact) mass is 182 g/mol. The smallest absolute Gasteiger partial charge is 0.212 e. The van der Waals surface area contributed by atoms with Crippen molar-refractivity contribution in [2.45, 2.75) is 0 Å². The lowest BCUT2D eigenvalue weighted by molar-refractivity contribution is 0.103. The summed E-state index contributed by atoms with van der Waals surface area (Å²) in [5.74, 6) is -0.190. The van der Waals surface area contributed by atoms with Crippen molar-refractivity contribution in [3.63, 3.8) is 0 Å². The van der Waals surface area contributed by atoms with E-state index in [4.69, 9.17) is 5.26 Å². The number of allylic oxidation sites excluding steroid dienone is 2. The van der Waals surface area contributed by atoms with Crippen molar-refractivity contribution in [3.05, 3.63) is 47.2 Å². The summed E-state index contributed by atoms with van der Waals surface area (Å²) in [6, 6.07) is 10.7. The minimum Gasteiger partial charge on any atom is -0.287 e. The Hall–Kier alpha value is -2.21. The van der Waals surface area contributed by atoms with Gasteiger partial charge in [-0.25, -0.2) is 4.99 Å². The van der Waals surface area contributed by atoms with E-state index in [-0.39, 0.29) is 11.5 Å². The third kappa shape index (κ3) is 1.23. The molecule has 0 saturated carbocycles. The van der Waals surface area contributed by atoms with E-state index >= 15 is 0 Å². The molecule has 3 heteroatoms. The molecule has 1 aromatic rings. The van der Waals surface area contributed by atoms with Gasteiger partial charge in [0.25, 0.3) is 0 Å². The number of hydrogen-bond donors (Lipinski definition) is 0. The molecule has 0 atom stereocenters. The molecular weight excluding hydrogens is 176 g/mol. The van der Waals surface area contributed by atoms with Gasteiger partial charge in [0.2, 0.25) is 5.78 Å². The van der Waals surface area contributed by atoms with Crippen LogP contribution in [0.4, 0.5) is 0 Å². The van der Waals surface area contributed by atoms with Crippen molar-refractivity contribution < 1.29 is 4.79 Å². The molecule has 0 aromatic heterocycles. The van der Waals surface area contributed by atoms with E-state index < -0.39 is 0 Å². The van der Waals surface area contributed by atoms with Gasteiger partial charge < -0.3 is 0 Å². The van der Waals surface area contributed by atoms with Gasteiger partial charge in [-0.1, -0.05) is 30.3 Å². The highest BCUT2D eigenvalue weighted by atomic mass is 16.1. The second-order valence-electron chi connectivity index (χ2n) is 2.83. The van der Waals surface area contributed by atoms with Crippen molar-refractivity contribution in [2.24, 2.45) is 4.99 Å². The number of carbonyl (C=O) groups excluding carboxylic acids is 1. The van der Waals surface area contributed by atoms with Crippen LogP contribution in [0.5, 0.6) is 0 Å². The van der Waals surface area contributed by atoms with Crippen LogP contribution in [0.2, 0.25) is 0 Å². The van der Waals surface area contributed by atoms with Crippen LogP contribution in [-0.4, -0.2) is 12.0 Å². The molecule has 2 rings (SSSR count). The Morgan fingerprint density at radius 1 is 1.29 bits per heavy atom. The summed E-state index contributed by atoms with van der Waals surface area (Å²) in [5, 5.41) is 8.60. The van der Waals surface area contributed by atoms with Gasteiger partial charge in [-0.15, -0.1) is 0 Å². The average molecular weight is 182 g/mol. The third-order valence-corrected chi connectivity index (χ3v) is 1.95. The summed E-state index contributed by atoms with van der Waals surface area (Å²) >= 11 is 0. The van der Waals surface area contributed by atoms with Crippen LogP contribution >= 0.6 is 0 Å². The van der Waals surface area contributed by atoms with Gasteiger partial charge in [-0.05, 0) is 0 Å². The zero-order valence-electron chi connectivity index (χ0n) is 7.27. The van der Waals surface area contributed by atoms with E-state index in [0.717, 1.165) is 0 Å². The number of benzene rings is 1. The number of nitrogens with zero attached hydrogens (tertiary/aromatic N) is 2. The molecular formula is C11H6N2O. The summed E-state index contributed by atoms with van der Waals surface area (Å²) in [6.45, 7) is 0. The van der Waals surface area contributed by atoms with E-state index in [0.29, 0.717) is 11.1 Å². The van der Waals surface area contributed by atoms with E-state index in [9.17, 15) is 4.79 Å². The van der Waals surface area contributed by atoms with Crippen molar-refractivity contribution in [1.82, 2.24) is 0 Å². The SMILES string of the molecule is N#CC1=C(C(=O)c2ccccc2)N=C1. The maximum atomic E-state index is 11.7. The molecule has 0 radical (unpaired) electrons. The fraction of sp³-hybridized carbons (Fsp3) is 0. The van der Waals surface area contributed by atoms with Crippen LogP contribution in [0, 0.1) is 11.3 Å². The summed E-state index contributed by atoms with van der Waals surface area (Å²) in [7, 11) is 0. The van der Waals surface area contributed by atoms with Gasteiger partial charge in [0, 0.05) is 11.8 Å². The minimum absolute atomic E-state index is 0.190. The molecule has 1 aromatic carbocycles. The molecule has 0 aliphatic carbocycles. The normalized spacial score (nSPS) is 13.4. The molecule has 14 heavy (non-hydrogen) atoms. The van der Waals surface area contributed by atoms with E-state index in [2.05, 4.69) is 4.99 Å². The number of Topliss-reactive ketones (excluding diaryl/α,β-unsaturated/α-hetero) is 1. The molecule has 0 N–H and O–H groups in total. The Morgan fingerprint density at radius 3 is 2.50 bits per heavy atom. The Morgan fingerprint density at radius 2 is 2.00 bits per heavy atom. The predicted molar refractivity (Wildman–Crippen MR) is 51.9 cm³/mol. The van der Waals surface area contributed by atoms with Crippen LogP contribution < -0.4 is 0 Å². The Kier molecular flexibility index (Phi) is 1.96. The molecule has 0 bridgehead atoms. The van der Waals surface area contributed by atoms with Crippen LogP contribution in [0.25, 0.3) is 0 Å². The summed E-state index contributed by atoms with van der Waals surface area (Å²) < 4.78 is 0. The largest absolute Gasteiger partial charge is 0.287 e. The zero-order valence-corrected chi connectivity index (χ0v) is 7.27. The molecule has 0 spiro atoms. The molecule has 0 amide bonds. The number of aliphatic imine (C=N–C) groups is 1. The summed E-state index contributed by atoms with van der Waals surface area (Å²) in [5.41, 5.74) is 1.18. The molecule has 1 aliphatic rings. The number of rotatable bonds is 2. The molecule has 0 saturated heterocycles. The number of ketones is 1. The van der Waals surface area contributed by atoms with Gasteiger partial charge in [0.15, 0.2) is 0 Å². The highest BCUT2D eigenvalue weighted by Crippen LogP contribution is 2.18. The Bertz CT molecular complexity index is 478. The van der Waals surface area contributed by atoms with Crippen molar-refractivity contribution >= 4 is 12.0 Å². The van der Waals surface area contributed by atoms with Gasteiger partial charge in [-0.2, -0.15) is 5.26 Å². The van der Waals surface area contributed by atoms with Crippen molar-refractivity contribution in [3.8, 4) is 6.07 Å². The standard InChI is InChI=1S/C11H6N2O/c12-6-9-7-13-10(9)11(14)8-4-2-1-3-5-8/h1-5,7H. The van der Waals surface area contributed by atoms with Gasteiger partial charge in [0.1, 0.15) is 11.8 Å². The topological polar surface area (TPSA) is 53.2 Å². The van der Waals surface area contributed by atoms with Crippen LogP contribution in [-0.2, 0) is 0 Å². The second-order valence-corrected chi connectivity index (χ2v) is 2.83. The average Bonchev–Trinajstić information content (AvgIpc) is 2.18. The molecule has 0 unspecified atom stereocenters. The third-order valence-electron chi connectivity index (χ3n) is 1.95. The number of carbonyl (C=O) groups is 1. The highest BCUT2D eigenvalue weighted by molar-refractivity contribution is 6.16. The van der Waals surface area contributed by atoms with Gasteiger partial charge in [-0.3, -0.25) is 4.79 Å². The number of nitriles is 1. The first-order valence-electron chi connectivity index (χ1n) is 4.11.